The Morgan fingerprint density at radius 2 is 2.16 bits per heavy atom. The highest BCUT2D eigenvalue weighted by molar-refractivity contribution is 5.75. The highest BCUT2D eigenvalue weighted by Gasteiger charge is 2.45. The van der Waals surface area contributed by atoms with Gasteiger partial charge in [-0.1, -0.05) is 0 Å². The van der Waals surface area contributed by atoms with Gasteiger partial charge >= 0.3 is 5.97 Å². The third-order valence-electron chi connectivity index (χ3n) is 5.32. The smallest absolute Gasteiger partial charge is 0.313 e. The minimum atomic E-state index is -0.687. The van der Waals surface area contributed by atoms with Gasteiger partial charge in [0.25, 0.3) is 0 Å². The van der Waals surface area contributed by atoms with Crippen LogP contribution in [0.3, 0.4) is 0 Å². The van der Waals surface area contributed by atoms with Crippen LogP contribution in [0.25, 0.3) is 0 Å². The van der Waals surface area contributed by atoms with Crippen molar-refractivity contribution in [2.75, 3.05) is 39.9 Å². The number of carboxylic acids is 1. The molecule has 0 aliphatic carbocycles. The zero-order valence-corrected chi connectivity index (χ0v) is 11.7. The molecule has 0 aromatic rings. The SMILES string of the molecule is CN1C2CCC1CN(CC1(C(=O)O)CCOC1)CC2. The first-order valence-corrected chi connectivity index (χ1v) is 7.36. The van der Waals surface area contributed by atoms with E-state index in [0.29, 0.717) is 38.3 Å². The topological polar surface area (TPSA) is 53.0 Å². The quantitative estimate of drug-likeness (QED) is 0.814. The van der Waals surface area contributed by atoms with E-state index in [1.807, 2.05) is 0 Å². The number of ether oxygens (including phenoxy) is 1. The van der Waals surface area contributed by atoms with Crippen molar-refractivity contribution in [3.63, 3.8) is 0 Å². The Morgan fingerprint density at radius 3 is 2.84 bits per heavy atom. The van der Waals surface area contributed by atoms with E-state index in [2.05, 4.69) is 16.8 Å². The number of hydrogen-bond acceptors (Lipinski definition) is 4. The van der Waals surface area contributed by atoms with Gasteiger partial charge in [0, 0.05) is 31.8 Å². The van der Waals surface area contributed by atoms with Gasteiger partial charge in [-0.05, 0) is 39.3 Å². The molecule has 0 saturated carbocycles. The van der Waals surface area contributed by atoms with Crippen LogP contribution < -0.4 is 0 Å². The van der Waals surface area contributed by atoms with Crippen LogP contribution in [0, 0.1) is 5.41 Å². The van der Waals surface area contributed by atoms with Crippen LogP contribution >= 0.6 is 0 Å². The third-order valence-corrected chi connectivity index (χ3v) is 5.32. The first-order chi connectivity index (χ1) is 9.11. The maximum Gasteiger partial charge on any atom is 0.313 e. The summed E-state index contributed by atoms with van der Waals surface area (Å²) in [4.78, 5) is 16.5. The van der Waals surface area contributed by atoms with Crippen LogP contribution in [0.15, 0.2) is 0 Å². The van der Waals surface area contributed by atoms with E-state index in [9.17, 15) is 9.90 Å². The highest BCUT2D eigenvalue weighted by Crippen LogP contribution is 2.33. The Hall–Kier alpha value is -0.650. The second kappa shape index (κ2) is 5.04. The van der Waals surface area contributed by atoms with Gasteiger partial charge in [0.1, 0.15) is 5.41 Å². The van der Waals surface area contributed by atoms with Crippen LogP contribution in [-0.4, -0.2) is 72.9 Å². The molecule has 3 saturated heterocycles. The van der Waals surface area contributed by atoms with Crippen molar-refractivity contribution in [3.05, 3.63) is 0 Å². The maximum atomic E-state index is 11.6. The van der Waals surface area contributed by atoms with Crippen LogP contribution in [0.5, 0.6) is 0 Å². The molecule has 5 nitrogen and oxygen atoms in total. The largest absolute Gasteiger partial charge is 0.481 e. The van der Waals surface area contributed by atoms with Gasteiger partial charge in [-0.25, -0.2) is 0 Å². The lowest BCUT2D eigenvalue weighted by atomic mass is 9.86. The molecule has 3 heterocycles. The molecule has 3 atom stereocenters. The molecule has 3 unspecified atom stereocenters. The number of likely N-dealkylation sites (tertiary alicyclic amines) is 1. The molecule has 3 aliphatic heterocycles. The summed E-state index contributed by atoms with van der Waals surface area (Å²) in [5.74, 6) is -0.687. The number of carbonyl (C=O) groups is 1. The molecule has 0 amide bonds. The fourth-order valence-corrected chi connectivity index (χ4v) is 3.92. The van der Waals surface area contributed by atoms with E-state index in [1.165, 1.54) is 19.3 Å². The molecule has 0 aromatic heterocycles. The second-order valence-corrected chi connectivity index (χ2v) is 6.46. The summed E-state index contributed by atoms with van der Waals surface area (Å²) in [6.45, 7) is 3.66. The summed E-state index contributed by atoms with van der Waals surface area (Å²) in [6.07, 6.45) is 4.39. The average Bonchev–Trinajstić information content (AvgIpc) is 2.91. The van der Waals surface area contributed by atoms with E-state index >= 15 is 0 Å². The van der Waals surface area contributed by atoms with Crippen molar-refractivity contribution < 1.29 is 14.6 Å². The second-order valence-electron chi connectivity index (χ2n) is 6.46. The number of carboxylic acid groups (broad SMARTS) is 1. The molecule has 1 N–H and O–H groups in total. The van der Waals surface area contributed by atoms with Gasteiger partial charge in [0.2, 0.25) is 0 Å². The Bertz CT molecular complexity index is 355. The van der Waals surface area contributed by atoms with Gasteiger partial charge in [0.15, 0.2) is 0 Å². The lowest BCUT2D eigenvalue weighted by molar-refractivity contribution is -0.150. The highest BCUT2D eigenvalue weighted by atomic mass is 16.5. The number of hydrogen-bond donors (Lipinski definition) is 1. The van der Waals surface area contributed by atoms with E-state index in [-0.39, 0.29) is 0 Å². The Morgan fingerprint density at radius 1 is 1.37 bits per heavy atom. The molecular formula is C14H24N2O3. The van der Waals surface area contributed by atoms with Gasteiger partial charge in [-0.2, -0.15) is 0 Å². The van der Waals surface area contributed by atoms with Crippen LogP contribution in [-0.2, 0) is 9.53 Å². The van der Waals surface area contributed by atoms with E-state index in [1.54, 1.807) is 0 Å². The van der Waals surface area contributed by atoms with Crippen LogP contribution in [0.1, 0.15) is 25.7 Å². The van der Waals surface area contributed by atoms with Crippen molar-refractivity contribution in [2.24, 2.45) is 5.41 Å². The van der Waals surface area contributed by atoms with Crippen molar-refractivity contribution in [2.45, 2.75) is 37.8 Å². The summed E-state index contributed by atoms with van der Waals surface area (Å²) >= 11 is 0. The van der Waals surface area contributed by atoms with Crippen molar-refractivity contribution in [1.29, 1.82) is 0 Å². The molecule has 5 heteroatoms. The summed E-state index contributed by atoms with van der Waals surface area (Å²) < 4.78 is 5.36. The fraction of sp³-hybridized carbons (Fsp3) is 0.929. The van der Waals surface area contributed by atoms with E-state index < -0.39 is 11.4 Å². The molecule has 19 heavy (non-hydrogen) atoms. The molecule has 3 fully saturated rings. The Kier molecular flexibility index (Phi) is 3.53. The number of aliphatic carboxylic acids is 1. The van der Waals surface area contributed by atoms with Crippen molar-refractivity contribution in [1.82, 2.24) is 9.80 Å². The minimum Gasteiger partial charge on any atom is -0.481 e. The molecule has 0 aromatic carbocycles. The molecule has 3 aliphatic rings. The fourth-order valence-electron chi connectivity index (χ4n) is 3.92. The number of nitrogens with zero attached hydrogens (tertiary/aromatic N) is 2. The number of fused-ring (bicyclic) bond motifs is 2. The Balaban J connectivity index is 1.68. The average molecular weight is 268 g/mol. The lowest BCUT2D eigenvalue weighted by Gasteiger charge is -2.32. The molecular weight excluding hydrogens is 244 g/mol. The minimum absolute atomic E-state index is 0.378. The van der Waals surface area contributed by atoms with Crippen molar-refractivity contribution in [3.8, 4) is 0 Å². The number of likely N-dealkylation sites (N-methyl/N-ethyl adjacent to an activating group) is 1. The number of rotatable bonds is 3. The van der Waals surface area contributed by atoms with Gasteiger partial charge in [-0.3, -0.25) is 9.69 Å². The van der Waals surface area contributed by atoms with E-state index in [4.69, 9.17) is 4.74 Å². The molecule has 108 valence electrons. The standard InChI is InChI=1S/C14H24N2O3/c1-15-11-2-3-12(15)8-16(6-4-11)9-14(13(17)18)5-7-19-10-14/h11-12H,2-10H2,1H3,(H,17,18). The van der Waals surface area contributed by atoms with Gasteiger partial charge in [-0.15, -0.1) is 0 Å². The first-order valence-electron chi connectivity index (χ1n) is 7.36. The summed E-state index contributed by atoms with van der Waals surface area (Å²) in [5.41, 5.74) is -0.665. The normalized spacial score (nSPS) is 40.5. The lowest BCUT2D eigenvalue weighted by Crippen LogP contribution is -2.46. The summed E-state index contributed by atoms with van der Waals surface area (Å²) in [7, 11) is 2.22. The third kappa shape index (κ3) is 2.39. The van der Waals surface area contributed by atoms with Crippen molar-refractivity contribution >= 4 is 5.97 Å². The van der Waals surface area contributed by atoms with Gasteiger partial charge in [0.05, 0.1) is 6.61 Å². The maximum absolute atomic E-state index is 11.6. The predicted octanol–water partition coefficient (Wildman–Crippen LogP) is 0.646. The summed E-state index contributed by atoms with van der Waals surface area (Å²) in [6, 6.07) is 1.32. The Labute approximate surface area is 114 Å². The first kappa shape index (κ1) is 13.3. The monoisotopic (exact) mass is 268 g/mol. The van der Waals surface area contributed by atoms with Crippen LogP contribution in [0.2, 0.25) is 0 Å². The molecule has 2 bridgehead atoms. The molecule has 0 spiro atoms. The molecule has 0 radical (unpaired) electrons. The predicted molar refractivity (Wildman–Crippen MR) is 71.1 cm³/mol. The zero-order chi connectivity index (χ0) is 13.5. The molecule has 3 rings (SSSR count). The van der Waals surface area contributed by atoms with Crippen LogP contribution in [0.4, 0.5) is 0 Å². The summed E-state index contributed by atoms with van der Waals surface area (Å²) in [5, 5.41) is 9.53. The zero-order valence-electron chi connectivity index (χ0n) is 11.7. The van der Waals surface area contributed by atoms with E-state index in [0.717, 1.165) is 13.1 Å². The van der Waals surface area contributed by atoms with Gasteiger partial charge < -0.3 is 14.7 Å².